The maximum absolute atomic E-state index is 12.7. The summed E-state index contributed by atoms with van der Waals surface area (Å²) in [4.78, 5) is 19.5. The van der Waals surface area contributed by atoms with Crippen LogP contribution in [0.5, 0.6) is 5.88 Å². The van der Waals surface area contributed by atoms with Crippen LogP contribution in [0.2, 0.25) is 0 Å². The molecule has 1 saturated heterocycles. The fourth-order valence-electron chi connectivity index (χ4n) is 4.77. The Bertz CT molecular complexity index is 1000. The van der Waals surface area contributed by atoms with Crippen molar-refractivity contribution in [3.05, 3.63) is 41.1 Å². The Labute approximate surface area is 194 Å². The van der Waals surface area contributed by atoms with Gasteiger partial charge in [0.05, 0.1) is 5.69 Å². The zero-order valence-corrected chi connectivity index (χ0v) is 19.8. The third-order valence-corrected chi connectivity index (χ3v) is 7.76. The normalized spacial score (nSPS) is 18.9. The lowest BCUT2D eigenvalue weighted by molar-refractivity contribution is 0.110. The van der Waals surface area contributed by atoms with Gasteiger partial charge in [0.2, 0.25) is 5.88 Å². The lowest BCUT2D eigenvalue weighted by Gasteiger charge is -2.29. The highest BCUT2D eigenvalue weighted by Crippen LogP contribution is 2.41. The molecule has 2 aromatic rings. The van der Waals surface area contributed by atoms with Crippen molar-refractivity contribution in [1.29, 1.82) is 0 Å². The van der Waals surface area contributed by atoms with E-state index in [1.54, 1.807) is 0 Å². The van der Waals surface area contributed by atoms with Gasteiger partial charge < -0.3 is 15.0 Å². The number of hydrogen-bond acceptors (Lipinski definition) is 5. The number of carbonyl (C=O) groups excluding carboxylic acids is 1. The molecule has 0 unspecified atom stereocenters. The number of likely N-dealkylation sites (tertiary alicyclic amines) is 1. The third kappa shape index (κ3) is 4.89. The van der Waals surface area contributed by atoms with Gasteiger partial charge in [-0.3, -0.25) is 4.72 Å². The maximum atomic E-state index is 12.7. The molecule has 0 spiro atoms. The zero-order valence-electron chi connectivity index (χ0n) is 18.9. The zero-order chi connectivity index (χ0) is 22.1. The van der Waals surface area contributed by atoms with Gasteiger partial charge in [0.1, 0.15) is 6.10 Å². The molecule has 2 fully saturated rings. The number of fused-ring (bicyclic) bond motifs is 1. The van der Waals surface area contributed by atoms with Crippen molar-refractivity contribution >= 4 is 23.7 Å². The molecule has 1 aliphatic heterocycles. The van der Waals surface area contributed by atoms with Gasteiger partial charge in [-0.1, -0.05) is 6.07 Å². The number of urea groups is 1. The van der Waals surface area contributed by atoms with Crippen molar-refractivity contribution in [2.45, 2.75) is 63.2 Å². The summed E-state index contributed by atoms with van der Waals surface area (Å²) in [5.41, 5.74) is 6.86. The quantitative estimate of drug-likeness (QED) is 0.607. The first-order valence-corrected chi connectivity index (χ1v) is 12.6. The molecule has 2 amide bonds. The Hall–Kier alpha value is -2.25. The number of hydrogen-bond donors (Lipinski definition) is 2. The van der Waals surface area contributed by atoms with Crippen LogP contribution in [0.3, 0.4) is 0 Å². The summed E-state index contributed by atoms with van der Waals surface area (Å²) in [7, 11) is 2.15. The minimum Gasteiger partial charge on any atom is -0.474 e. The number of carbonyl (C=O) groups is 1. The molecule has 3 aliphatic rings. The fourth-order valence-corrected chi connectivity index (χ4v) is 5.46. The first-order valence-electron chi connectivity index (χ1n) is 11.8. The van der Waals surface area contributed by atoms with E-state index in [9.17, 15) is 4.79 Å². The first kappa shape index (κ1) is 21.6. The number of rotatable bonds is 6. The van der Waals surface area contributed by atoms with Gasteiger partial charge in [0, 0.05) is 36.2 Å². The smallest absolute Gasteiger partial charge is 0.329 e. The number of nitrogens with one attached hydrogen (secondary N) is 2. The van der Waals surface area contributed by atoms with Crippen LogP contribution in [0.1, 0.15) is 48.8 Å². The van der Waals surface area contributed by atoms with Crippen molar-refractivity contribution < 1.29 is 9.53 Å². The third-order valence-electron chi connectivity index (χ3n) is 6.66. The summed E-state index contributed by atoms with van der Waals surface area (Å²) < 4.78 is 9.23. The molecule has 0 bridgehead atoms. The highest BCUT2D eigenvalue weighted by atomic mass is 32.2. The average molecular weight is 453 g/mol. The number of anilines is 1. The van der Waals surface area contributed by atoms with Crippen molar-refractivity contribution in [2.75, 3.05) is 25.5 Å². The summed E-state index contributed by atoms with van der Waals surface area (Å²) in [6.45, 7) is 4.24. The van der Waals surface area contributed by atoms with Gasteiger partial charge in [0.25, 0.3) is 0 Å². The number of pyridine rings is 1. The molecule has 2 N–H and O–H groups in total. The molecule has 0 atom stereocenters. The number of nitrogens with zero attached hydrogens (tertiary/aromatic N) is 2. The van der Waals surface area contributed by atoms with E-state index in [1.165, 1.54) is 41.5 Å². The Balaban J connectivity index is 1.42. The van der Waals surface area contributed by atoms with Crippen LogP contribution in [0, 0.1) is 6.92 Å². The SMILES string of the molecule is Cc1cc2c(c(NC(=O)NSC3CC3)c1-c1ccnc(OC3CCN(C)CC3)c1)CCC2. The fraction of sp³-hybridized carbons (Fsp3) is 0.520. The first-order chi connectivity index (χ1) is 15.6. The van der Waals surface area contributed by atoms with Gasteiger partial charge in [0.15, 0.2) is 0 Å². The standard InChI is InChI=1S/C25H32N4O2S/c1-16-14-17-4-3-5-21(17)24(27-25(30)28-32-20-6-7-20)23(16)18-8-11-26-22(15-18)31-19-9-12-29(2)13-10-19/h8,11,14-15,19-20H,3-7,9-10,12-13H2,1-2H3,(H2,27,28,30). The van der Waals surface area contributed by atoms with Gasteiger partial charge >= 0.3 is 6.03 Å². The Kier molecular flexibility index (Phi) is 6.28. The second-order valence-corrected chi connectivity index (χ2v) is 10.4. The molecule has 170 valence electrons. The van der Waals surface area contributed by atoms with Crippen molar-refractivity contribution in [3.8, 4) is 17.0 Å². The lowest BCUT2D eigenvalue weighted by atomic mass is 9.93. The van der Waals surface area contributed by atoms with E-state index in [1.807, 2.05) is 18.3 Å². The number of amides is 2. The predicted molar refractivity (Wildman–Crippen MR) is 130 cm³/mol. The monoisotopic (exact) mass is 452 g/mol. The van der Waals surface area contributed by atoms with E-state index in [0.29, 0.717) is 11.1 Å². The van der Waals surface area contributed by atoms with E-state index in [0.717, 1.165) is 62.0 Å². The Morgan fingerprint density at radius 2 is 2.00 bits per heavy atom. The minimum atomic E-state index is -0.139. The van der Waals surface area contributed by atoms with Crippen LogP contribution in [0.25, 0.3) is 11.1 Å². The second-order valence-electron chi connectivity index (χ2n) is 9.31. The predicted octanol–water partition coefficient (Wildman–Crippen LogP) is 4.95. The highest BCUT2D eigenvalue weighted by molar-refractivity contribution is 7.98. The summed E-state index contributed by atoms with van der Waals surface area (Å²) >= 11 is 1.54. The molecule has 32 heavy (non-hydrogen) atoms. The molecule has 5 rings (SSSR count). The number of ether oxygens (including phenoxy) is 1. The molecule has 7 heteroatoms. The highest BCUT2D eigenvalue weighted by Gasteiger charge is 2.26. The van der Waals surface area contributed by atoms with Crippen molar-refractivity contribution in [2.24, 2.45) is 0 Å². The molecular weight excluding hydrogens is 420 g/mol. The van der Waals surface area contributed by atoms with Gasteiger partial charge in [-0.15, -0.1) is 0 Å². The van der Waals surface area contributed by atoms with E-state index < -0.39 is 0 Å². The molecule has 6 nitrogen and oxygen atoms in total. The molecule has 1 saturated carbocycles. The molecule has 2 aliphatic carbocycles. The lowest BCUT2D eigenvalue weighted by Crippen LogP contribution is -2.35. The van der Waals surface area contributed by atoms with Crippen LogP contribution in [0.15, 0.2) is 24.4 Å². The second kappa shape index (κ2) is 9.32. The van der Waals surface area contributed by atoms with Crippen LogP contribution in [-0.2, 0) is 12.8 Å². The number of aromatic nitrogens is 1. The number of benzene rings is 1. The minimum absolute atomic E-state index is 0.139. The number of aryl methyl sites for hydroxylation is 2. The van der Waals surface area contributed by atoms with E-state index >= 15 is 0 Å². The summed E-state index contributed by atoms with van der Waals surface area (Å²) in [5.74, 6) is 0.664. The average Bonchev–Trinajstić information content (AvgIpc) is 3.50. The van der Waals surface area contributed by atoms with E-state index in [-0.39, 0.29) is 12.1 Å². The maximum Gasteiger partial charge on any atom is 0.329 e. The topological polar surface area (TPSA) is 66.5 Å². The Morgan fingerprint density at radius 3 is 2.78 bits per heavy atom. The molecule has 1 aromatic heterocycles. The van der Waals surface area contributed by atoms with Crippen LogP contribution in [-0.4, -0.2) is 47.4 Å². The summed E-state index contributed by atoms with van der Waals surface area (Å²) in [6, 6.07) is 6.20. The number of piperidine rings is 1. The van der Waals surface area contributed by atoms with E-state index in [4.69, 9.17) is 4.74 Å². The van der Waals surface area contributed by atoms with Crippen LogP contribution < -0.4 is 14.8 Å². The van der Waals surface area contributed by atoms with Gasteiger partial charge in [-0.2, -0.15) is 0 Å². The Morgan fingerprint density at radius 1 is 1.19 bits per heavy atom. The van der Waals surface area contributed by atoms with Gasteiger partial charge in [-0.25, -0.2) is 9.78 Å². The van der Waals surface area contributed by atoms with Crippen molar-refractivity contribution in [1.82, 2.24) is 14.6 Å². The summed E-state index contributed by atoms with van der Waals surface area (Å²) in [6.07, 6.45) is 9.64. The van der Waals surface area contributed by atoms with Crippen LogP contribution >= 0.6 is 11.9 Å². The molecule has 1 aromatic carbocycles. The molecular formula is C25H32N4O2S. The van der Waals surface area contributed by atoms with Gasteiger partial charge in [-0.05, 0) is 99.2 Å². The van der Waals surface area contributed by atoms with Crippen LogP contribution in [0.4, 0.5) is 10.5 Å². The summed E-state index contributed by atoms with van der Waals surface area (Å²) in [5, 5.41) is 3.77. The van der Waals surface area contributed by atoms with Crippen molar-refractivity contribution in [3.63, 3.8) is 0 Å². The van der Waals surface area contributed by atoms with E-state index in [2.05, 4.69) is 40.0 Å². The molecule has 2 heterocycles. The largest absolute Gasteiger partial charge is 0.474 e. The molecule has 0 radical (unpaired) electrons.